The Balaban J connectivity index is 1.52. The Morgan fingerprint density at radius 3 is 2.00 bits per heavy atom. The van der Waals surface area contributed by atoms with Crippen molar-refractivity contribution in [1.29, 1.82) is 0 Å². The second-order valence-corrected chi connectivity index (χ2v) is 5.55. The highest BCUT2D eigenvalue weighted by atomic mass is 16.3. The van der Waals surface area contributed by atoms with Gasteiger partial charge in [0.1, 0.15) is 0 Å². The number of aliphatic hydroxyl groups excluding tert-OH is 1. The lowest BCUT2D eigenvalue weighted by atomic mass is 10.1. The molecule has 1 unspecified atom stereocenters. The Kier molecular flexibility index (Phi) is 4.53. The third-order valence-corrected chi connectivity index (χ3v) is 4.11. The quantitative estimate of drug-likeness (QED) is 0.933. The lowest BCUT2D eigenvalue weighted by Crippen LogP contribution is -2.47. The van der Waals surface area contributed by atoms with E-state index in [1.165, 1.54) is 5.69 Å². The third kappa shape index (κ3) is 3.63. The lowest BCUT2D eigenvalue weighted by Gasteiger charge is -2.37. The number of benzene rings is 2. The number of β-amino-alcohol motifs (C(OH)–C–C–N with tert-alkyl or cyclic N) is 1. The summed E-state index contributed by atoms with van der Waals surface area (Å²) < 4.78 is 0. The lowest BCUT2D eigenvalue weighted by molar-refractivity contribution is 0.109. The van der Waals surface area contributed by atoms with Gasteiger partial charge in [-0.25, -0.2) is 0 Å². The number of hydrogen-bond acceptors (Lipinski definition) is 3. The van der Waals surface area contributed by atoms with Crippen molar-refractivity contribution in [2.75, 3.05) is 37.6 Å². The largest absolute Gasteiger partial charge is 0.387 e. The molecule has 0 aromatic heterocycles. The van der Waals surface area contributed by atoms with Crippen LogP contribution in [0.15, 0.2) is 60.7 Å². The van der Waals surface area contributed by atoms with Crippen molar-refractivity contribution in [3.05, 3.63) is 66.2 Å². The van der Waals surface area contributed by atoms with E-state index in [0.717, 1.165) is 31.7 Å². The van der Waals surface area contributed by atoms with Gasteiger partial charge in [0.05, 0.1) is 6.10 Å². The van der Waals surface area contributed by atoms with E-state index in [-0.39, 0.29) is 0 Å². The molecule has 0 spiro atoms. The molecule has 1 saturated heterocycles. The van der Waals surface area contributed by atoms with E-state index in [4.69, 9.17) is 0 Å². The number of rotatable bonds is 4. The van der Waals surface area contributed by atoms with Crippen molar-refractivity contribution in [3.63, 3.8) is 0 Å². The van der Waals surface area contributed by atoms with Gasteiger partial charge in [-0.1, -0.05) is 48.5 Å². The Labute approximate surface area is 126 Å². The summed E-state index contributed by atoms with van der Waals surface area (Å²) in [6.45, 7) is 4.75. The van der Waals surface area contributed by atoms with Gasteiger partial charge in [0, 0.05) is 38.4 Å². The van der Waals surface area contributed by atoms with Gasteiger partial charge in [0.25, 0.3) is 0 Å². The summed E-state index contributed by atoms with van der Waals surface area (Å²) in [5.74, 6) is 0. The number of nitrogens with zero attached hydrogens (tertiary/aromatic N) is 2. The monoisotopic (exact) mass is 282 g/mol. The highest BCUT2D eigenvalue weighted by Gasteiger charge is 2.19. The second kappa shape index (κ2) is 6.74. The molecule has 110 valence electrons. The molecule has 2 aromatic rings. The summed E-state index contributed by atoms with van der Waals surface area (Å²) in [6, 6.07) is 20.5. The molecular weight excluding hydrogens is 260 g/mol. The molecule has 1 atom stereocenters. The van der Waals surface area contributed by atoms with E-state index in [1.54, 1.807) is 0 Å². The first-order valence-electron chi connectivity index (χ1n) is 7.58. The molecule has 0 bridgehead atoms. The molecule has 3 heteroatoms. The van der Waals surface area contributed by atoms with E-state index in [1.807, 2.05) is 30.3 Å². The van der Waals surface area contributed by atoms with Crippen molar-refractivity contribution in [3.8, 4) is 0 Å². The fraction of sp³-hybridized carbons (Fsp3) is 0.333. The van der Waals surface area contributed by atoms with E-state index >= 15 is 0 Å². The van der Waals surface area contributed by atoms with E-state index in [0.29, 0.717) is 6.54 Å². The molecular formula is C18H22N2O. The Bertz CT molecular complexity index is 536. The summed E-state index contributed by atoms with van der Waals surface area (Å²) in [7, 11) is 0. The molecule has 1 N–H and O–H groups in total. The van der Waals surface area contributed by atoms with Crippen LogP contribution < -0.4 is 4.90 Å². The number of aliphatic hydroxyl groups is 1. The molecule has 1 fully saturated rings. The molecule has 0 aliphatic carbocycles. The van der Waals surface area contributed by atoms with E-state index in [9.17, 15) is 5.11 Å². The van der Waals surface area contributed by atoms with Crippen LogP contribution >= 0.6 is 0 Å². The molecule has 0 radical (unpaired) electrons. The van der Waals surface area contributed by atoms with Gasteiger partial charge >= 0.3 is 0 Å². The minimum atomic E-state index is -0.394. The molecule has 3 nitrogen and oxygen atoms in total. The Morgan fingerprint density at radius 1 is 0.810 bits per heavy atom. The molecule has 2 aromatic carbocycles. The molecule has 1 aliphatic heterocycles. The zero-order chi connectivity index (χ0) is 14.5. The van der Waals surface area contributed by atoms with Gasteiger partial charge in [0.15, 0.2) is 0 Å². The van der Waals surface area contributed by atoms with Gasteiger partial charge in [-0.2, -0.15) is 0 Å². The summed E-state index contributed by atoms with van der Waals surface area (Å²) in [5.41, 5.74) is 2.30. The van der Waals surface area contributed by atoms with Crippen LogP contribution in [0.4, 0.5) is 5.69 Å². The van der Waals surface area contributed by atoms with Crippen LogP contribution in [-0.2, 0) is 0 Å². The Hall–Kier alpha value is -1.84. The van der Waals surface area contributed by atoms with Crippen LogP contribution in [0.2, 0.25) is 0 Å². The fourth-order valence-electron chi connectivity index (χ4n) is 2.85. The smallest absolute Gasteiger partial charge is 0.0916 e. The molecule has 1 aliphatic rings. The SMILES string of the molecule is OC(CN1CCN(c2ccccc2)CC1)c1ccccc1. The molecule has 0 saturated carbocycles. The first-order valence-corrected chi connectivity index (χ1v) is 7.58. The van der Waals surface area contributed by atoms with Gasteiger partial charge < -0.3 is 10.0 Å². The summed E-state index contributed by atoms with van der Waals surface area (Å²) in [6.07, 6.45) is -0.394. The third-order valence-electron chi connectivity index (χ3n) is 4.11. The zero-order valence-corrected chi connectivity index (χ0v) is 12.2. The highest BCUT2D eigenvalue weighted by Crippen LogP contribution is 2.18. The van der Waals surface area contributed by atoms with Crippen LogP contribution in [0.3, 0.4) is 0 Å². The maximum Gasteiger partial charge on any atom is 0.0916 e. The first-order chi connectivity index (χ1) is 10.3. The van der Waals surface area contributed by atoms with Gasteiger partial charge in [-0.15, -0.1) is 0 Å². The van der Waals surface area contributed by atoms with Gasteiger partial charge in [-0.3, -0.25) is 4.90 Å². The fourth-order valence-corrected chi connectivity index (χ4v) is 2.85. The van der Waals surface area contributed by atoms with Crippen LogP contribution in [0, 0.1) is 0 Å². The predicted molar refractivity (Wildman–Crippen MR) is 86.5 cm³/mol. The van der Waals surface area contributed by atoms with Crippen molar-refractivity contribution in [2.24, 2.45) is 0 Å². The summed E-state index contributed by atoms with van der Waals surface area (Å²) >= 11 is 0. The van der Waals surface area contributed by atoms with Gasteiger partial charge in [-0.05, 0) is 17.7 Å². The maximum absolute atomic E-state index is 10.3. The highest BCUT2D eigenvalue weighted by molar-refractivity contribution is 5.46. The van der Waals surface area contributed by atoms with E-state index in [2.05, 4.69) is 40.1 Å². The van der Waals surface area contributed by atoms with E-state index < -0.39 is 6.10 Å². The average molecular weight is 282 g/mol. The standard InChI is InChI=1S/C18H22N2O/c21-18(16-7-3-1-4-8-16)15-19-11-13-20(14-12-19)17-9-5-2-6-10-17/h1-10,18,21H,11-15H2. The maximum atomic E-state index is 10.3. The van der Waals surface area contributed by atoms with Crippen molar-refractivity contribution in [1.82, 2.24) is 4.90 Å². The second-order valence-electron chi connectivity index (χ2n) is 5.55. The molecule has 21 heavy (non-hydrogen) atoms. The summed E-state index contributed by atoms with van der Waals surface area (Å²) in [5, 5.41) is 10.3. The van der Waals surface area contributed by atoms with Crippen molar-refractivity contribution in [2.45, 2.75) is 6.10 Å². The van der Waals surface area contributed by atoms with Crippen LogP contribution in [0.1, 0.15) is 11.7 Å². The van der Waals surface area contributed by atoms with Crippen LogP contribution in [0.25, 0.3) is 0 Å². The number of para-hydroxylation sites is 1. The average Bonchev–Trinajstić information content (AvgIpc) is 2.57. The molecule has 0 amide bonds. The normalized spacial score (nSPS) is 17.7. The summed E-state index contributed by atoms with van der Waals surface area (Å²) in [4.78, 5) is 4.75. The van der Waals surface area contributed by atoms with Crippen LogP contribution in [-0.4, -0.2) is 42.7 Å². The predicted octanol–water partition coefficient (Wildman–Crippen LogP) is 2.54. The number of hydrogen-bond donors (Lipinski definition) is 1. The number of piperazine rings is 1. The Morgan fingerprint density at radius 2 is 1.38 bits per heavy atom. The minimum Gasteiger partial charge on any atom is -0.387 e. The van der Waals surface area contributed by atoms with Crippen LogP contribution in [0.5, 0.6) is 0 Å². The zero-order valence-electron chi connectivity index (χ0n) is 12.2. The van der Waals surface area contributed by atoms with Crippen molar-refractivity contribution >= 4 is 5.69 Å². The van der Waals surface area contributed by atoms with Crippen molar-refractivity contribution < 1.29 is 5.11 Å². The molecule has 3 rings (SSSR count). The molecule has 1 heterocycles. The minimum absolute atomic E-state index is 0.394. The first kappa shape index (κ1) is 14.1. The van der Waals surface area contributed by atoms with Gasteiger partial charge in [0.2, 0.25) is 0 Å². The number of anilines is 1. The topological polar surface area (TPSA) is 26.7 Å².